The van der Waals surface area contributed by atoms with Gasteiger partial charge in [0.2, 0.25) is 0 Å². The van der Waals surface area contributed by atoms with Crippen LogP contribution in [-0.2, 0) is 4.74 Å². The molecule has 1 aromatic carbocycles. The molecule has 0 bridgehead atoms. The summed E-state index contributed by atoms with van der Waals surface area (Å²) in [5.41, 5.74) is 2.13. The third kappa shape index (κ3) is 3.40. The Morgan fingerprint density at radius 1 is 1.25 bits per heavy atom. The van der Waals surface area contributed by atoms with Crippen LogP contribution < -0.4 is 4.90 Å². The van der Waals surface area contributed by atoms with Crippen molar-refractivity contribution in [3.63, 3.8) is 0 Å². The highest BCUT2D eigenvalue weighted by atomic mass is 79.9. The first-order chi connectivity index (χ1) is 11.7. The highest BCUT2D eigenvalue weighted by molar-refractivity contribution is 9.10. The average molecular weight is 411 g/mol. The van der Waals surface area contributed by atoms with E-state index in [1.165, 1.54) is 18.7 Å². The summed E-state index contributed by atoms with van der Waals surface area (Å²) in [6.07, 6.45) is 3.11. The molecule has 1 atom stereocenters. The molecule has 0 N–H and O–H groups in total. The SMILES string of the molecule is Clc1cc(Br)cc2c(N3CCC(CN4CCOCC4)C3)ccnc12. The van der Waals surface area contributed by atoms with Gasteiger partial charge in [-0.1, -0.05) is 27.5 Å². The third-order valence-corrected chi connectivity index (χ3v) is 5.73. The molecule has 0 amide bonds. The maximum absolute atomic E-state index is 6.37. The molecule has 0 spiro atoms. The monoisotopic (exact) mass is 409 g/mol. The zero-order valence-electron chi connectivity index (χ0n) is 13.5. The fourth-order valence-corrected chi connectivity index (χ4v) is 4.65. The highest BCUT2D eigenvalue weighted by Crippen LogP contribution is 2.35. The smallest absolute Gasteiger partial charge is 0.0909 e. The zero-order valence-corrected chi connectivity index (χ0v) is 15.9. The number of hydrogen-bond acceptors (Lipinski definition) is 4. The summed E-state index contributed by atoms with van der Waals surface area (Å²) < 4.78 is 6.45. The van der Waals surface area contributed by atoms with Crippen molar-refractivity contribution in [2.45, 2.75) is 6.42 Å². The van der Waals surface area contributed by atoms with Gasteiger partial charge in [0.25, 0.3) is 0 Å². The van der Waals surface area contributed by atoms with Crippen molar-refractivity contribution >= 4 is 44.1 Å². The fraction of sp³-hybridized carbons (Fsp3) is 0.500. The molecule has 4 nitrogen and oxygen atoms in total. The molecule has 0 aliphatic carbocycles. The lowest BCUT2D eigenvalue weighted by Crippen LogP contribution is -2.39. The van der Waals surface area contributed by atoms with Crippen LogP contribution in [0.5, 0.6) is 0 Å². The van der Waals surface area contributed by atoms with Crippen LogP contribution >= 0.6 is 27.5 Å². The molecule has 2 aliphatic rings. The second-order valence-electron chi connectivity index (χ2n) is 6.63. The van der Waals surface area contributed by atoms with Crippen molar-refractivity contribution in [2.75, 3.05) is 50.8 Å². The maximum Gasteiger partial charge on any atom is 0.0909 e. The van der Waals surface area contributed by atoms with Gasteiger partial charge in [0, 0.05) is 54.5 Å². The van der Waals surface area contributed by atoms with Crippen molar-refractivity contribution in [3.8, 4) is 0 Å². The van der Waals surface area contributed by atoms with Crippen molar-refractivity contribution in [3.05, 3.63) is 33.9 Å². The molecular weight excluding hydrogens is 390 g/mol. The van der Waals surface area contributed by atoms with Gasteiger partial charge in [0.1, 0.15) is 0 Å². The van der Waals surface area contributed by atoms with E-state index in [9.17, 15) is 0 Å². The number of morpholine rings is 1. The van der Waals surface area contributed by atoms with Gasteiger partial charge in [-0.3, -0.25) is 9.88 Å². The summed E-state index contributed by atoms with van der Waals surface area (Å²) in [6.45, 7) is 7.25. The van der Waals surface area contributed by atoms with Crippen molar-refractivity contribution in [1.29, 1.82) is 0 Å². The normalized spacial score (nSPS) is 22.4. The van der Waals surface area contributed by atoms with Crippen molar-refractivity contribution in [2.24, 2.45) is 5.92 Å². The van der Waals surface area contributed by atoms with Crippen molar-refractivity contribution in [1.82, 2.24) is 9.88 Å². The van der Waals surface area contributed by atoms with Crippen LogP contribution in [0, 0.1) is 5.92 Å². The second-order valence-corrected chi connectivity index (χ2v) is 7.95. The number of aromatic nitrogens is 1. The highest BCUT2D eigenvalue weighted by Gasteiger charge is 2.26. The van der Waals surface area contributed by atoms with Gasteiger partial charge in [-0.2, -0.15) is 0 Å². The van der Waals surface area contributed by atoms with E-state index < -0.39 is 0 Å². The predicted molar refractivity (Wildman–Crippen MR) is 102 cm³/mol. The van der Waals surface area contributed by atoms with E-state index in [0.717, 1.165) is 54.8 Å². The quantitative estimate of drug-likeness (QED) is 0.769. The lowest BCUT2D eigenvalue weighted by Gasteiger charge is -2.29. The van der Waals surface area contributed by atoms with E-state index in [2.05, 4.69) is 42.8 Å². The lowest BCUT2D eigenvalue weighted by atomic mass is 10.1. The van der Waals surface area contributed by atoms with E-state index in [-0.39, 0.29) is 0 Å². The summed E-state index contributed by atoms with van der Waals surface area (Å²) >= 11 is 9.92. The number of benzene rings is 1. The van der Waals surface area contributed by atoms with E-state index in [4.69, 9.17) is 16.3 Å². The maximum atomic E-state index is 6.37. The minimum Gasteiger partial charge on any atom is -0.379 e. The zero-order chi connectivity index (χ0) is 16.5. The average Bonchev–Trinajstić information content (AvgIpc) is 3.03. The predicted octanol–water partition coefficient (Wildman–Crippen LogP) is 3.81. The van der Waals surface area contributed by atoms with Gasteiger partial charge in [-0.15, -0.1) is 0 Å². The first kappa shape index (κ1) is 16.6. The Morgan fingerprint density at radius 2 is 2.08 bits per heavy atom. The Bertz CT molecular complexity index is 736. The third-order valence-electron chi connectivity index (χ3n) is 4.99. The number of anilines is 1. The van der Waals surface area contributed by atoms with Crippen LogP contribution in [0.15, 0.2) is 28.9 Å². The molecule has 2 fully saturated rings. The van der Waals surface area contributed by atoms with Crippen LogP contribution in [0.2, 0.25) is 5.02 Å². The molecule has 2 aromatic rings. The molecule has 2 aliphatic heterocycles. The van der Waals surface area contributed by atoms with E-state index in [1.54, 1.807) is 0 Å². The van der Waals surface area contributed by atoms with Gasteiger partial charge in [0.15, 0.2) is 0 Å². The van der Waals surface area contributed by atoms with E-state index in [0.29, 0.717) is 10.9 Å². The van der Waals surface area contributed by atoms with Gasteiger partial charge in [-0.05, 0) is 30.5 Å². The van der Waals surface area contributed by atoms with Crippen LogP contribution in [0.4, 0.5) is 5.69 Å². The van der Waals surface area contributed by atoms with Crippen LogP contribution in [0.25, 0.3) is 10.9 Å². The second kappa shape index (κ2) is 7.16. The minimum atomic E-state index is 0.699. The molecule has 24 heavy (non-hydrogen) atoms. The molecule has 2 saturated heterocycles. The number of fused-ring (bicyclic) bond motifs is 1. The largest absolute Gasteiger partial charge is 0.379 e. The Kier molecular flexibility index (Phi) is 4.95. The molecule has 0 saturated carbocycles. The van der Waals surface area contributed by atoms with E-state index in [1.807, 2.05) is 12.3 Å². The first-order valence-electron chi connectivity index (χ1n) is 8.49. The summed E-state index contributed by atoms with van der Waals surface area (Å²) in [5, 5.41) is 1.83. The summed E-state index contributed by atoms with van der Waals surface area (Å²) in [6, 6.07) is 6.15. The van der Waals surface area contributed by atoms with E-state index >= 15 is 0 Å². The van der Waals surface area contributed by atoms with Crippen molar-refractivity contribution < 1.29 is 4.74 Å². The Morgan fingerprint density at radius 3 is 2.92 bits per heavy atom. The summed E-state index contributed by atoms with van der Waals surface area (Å²) in [7, 11) is 0. The number of ether oxygens (including phenoxy) is 1. The topological polar surface area (TPSA) is 28.6 Å². The van der Waals surface area contributed by atoms with Gasteiger partial charge in [0.05, 0.1) is 23.8 Å². The number of rotatable bonds is 3. The number of hydrogen-bond donors (Lipinski definition) is 0. The molecule has 1 unspecified atom stereocenters. The molecular formula is C18H21BrClN3O. The standard InChI is InChI=1S/C18H21BrClN3O/c19-14-9-15-17(1-3-21-18(15)16(20)10-14)23-4-2-13(12-23)11-22-5-7-24-8-6-22/h1,3,9-10,13H,2,4-8,11-12H2. The van der Waals surface area contributed by atoms with Gasteiger partial charge in [-0.25, -0.2) is 0 Å². The minimum absolute atomic E-state index is 0.699. The summed E-state index contributed by atoms with van der Waals surface area (Å²) in [4.78, 5) is 9.49. The lowest BCUT2D eigenvalue weighted by molar-refractivity contribution is 0.0320. The molecule has 1 aromatic heterocycles. The summed E-state index contributed by atoms with van der Waals surface area (Å²) in [5.74, 6) is 0.717. The molecule has 6 heteroatoms. The molecule has 3 heterocycles. The Labute approximate surface area is 155 Å². The number of halogens is 2. The number of pyridine rings is 1. The van der Waals surface area contributed by atoms with Crippen LogP contribution in [0.3, 0.4) is 0 Å². The van der Waals surface area contributed by atoms with Crippen LogP contribution in [-0.4, -0.2) is 55.8 Å². The Balaban J connectivity index is 1.53. The number of nitrogens with zero attached hydrogens (tertiary/aromatic N) is 3. The first-order valence-corrected chi connectivity index (χ1v) is 9.66. The fourth-order valence-electron chi connectivity index (χ4n) is 3.79. The molecule has 128 valence electrons. The Hall–Kier alpha value is -0.880. The van der Waals surface area contributed by atoms with Crippen LogP contribution in [0.1, 0.15) is 6.42 Å². The van der Waals surface area contributed by atoms with Gasteiger partial charge < -0.3 is 9.64 Å². The van der Waals surface area contributed by atoms with Gasteiger partial charge >= 0.3 is 0 Å². The molecule has 0 radical (unpaired) electrons. The molecule has 4 rings (SSSR count).